The van der Waals surface area contributed by atoms with Crippen molar-refractivity contribution in [1.82, 2.24) is 19.4 Å². The van der Waals surface area contributed by atoms with E-state index in [9.17, 15) is 9.59 Å². The van der Waals surface area contributed by atoms with Gasteiger partial charge in [-0.05, 0) is 49.8 Å². The van der Waals surface area contributed by atoms with Gasteiger partial charge in [-0.25, -0.2) is 4.79 Å². The lowest BCUT2D eigenvalue weighted by atomic mass is 9.97. The van der Waals surface area contributed by atoms with Crippen LogP contribution in [0.15, 0.2) is 59.4 Å². The molecular weight excluding hydrogens is 388 g/mol. The monoisotopic (exact) mass is 418 g/mol. The summed E-state index contributed by atoms with van der Waals surface area (Å²) in [7, 11) is 0. The molecule has 1 atom stereocenters. The summed E-state index contributed by atoms with van der Waals surface area (Å²) in [5, 5.41) is 0. The van der Waals surface area contributed by atoms with E-state index in [1.807, 2.05) is 47.0 Å². The first-order valence-electron chi connectivity index (χ1n) is 11.5. The molecule has 31 heavy (non-hydrogen) atoms. The van der Waals surface area contributed by atoms with Crippen LogP contribution in [0.1, 0.15) is 49.8 Å². The number of carbonyl (C=O) groups is 1. The van der Waals surface area contributed by atoms with Gasteiger partial charge in [0.2, 0.25) is 5.91 Å². The average Bonchev–Trinajstić information content (AvgIpc) is 3.16. The first-order valence-corrected chi connectivity index (χ1v) is 11.5. The summed E-state index contributed by atoms with van der Waals surface area (Å²) < 4.78 is 1.91. The van der Waals surface area contributed by atoms with E-state index in [0.29, 0.717) is 0 Å². The number of benzene rings is 2. The van der Waals surface area contributed by atoms with Crippen LogP contribution in [0.4, 0.5) is 0 Å². The van der Waals surface area contributed by atoms with Crippen molar-refractivity contribution in [1.29, 1.82) is 0 Å². The van der Waals surface area contributed by atoms with Gasteiger partial charge in [0.1, 0.15) is 6.04 Å². The number of hydrogen-bond acceptors (Lipinski definition) is 3. The van der Waals surface area contributed by atoms with Crippen LogP contribution in [0.2, 0.25) is 0 Å². The molecule has 0 bridgehead atoms. The van der Waals surface area contributed by atoms with E-state index in [4.69, 9.17) is 0 Å². The fourth-order valence-electron chi connectivity index (χ4n) is 5.27. The number of amides is 1. The van der Waals surface area contributed by atoms with Crippen LogP contribution in [0, 0.1) is 0 Å². The molecule has 2 aliphatic heterocycles. The van der Waals surface area contributed by atoms with Crippen molar-refractivity contribution >= 4 is 16.9 Å². The van der Waals surface area contributed by atoms with Crippen LogP contribution in [0.5, 0.6) is 0 Å². The van der Waals surface area contributed by atoms with Gasteiger partial charge in [-0.2, -0.15) is 0 Å². The molecule has 6 nitrogen and oxygen atoms in total. The highest BCUT2D eigenvalue weighted by Crippen LogP contribution is 2.32. The molecule has 1 N–H and O–H groups in total. The molecular formula is C25H30N4O2. The summed E-state index contributed by atoms with van der Waals surface area (Å²) >= 11 is 0. The smallest absolute Gasteiger partial charge is 0.326 e. The number of fused-ring (bicyclic) bond motifs is 1. The van der Waals surface area contributed by atoms with E-state index in [0.717, 1.165) is 68.5 Å². The minimum atomic E-state index is -0.236. The predicted molar refractivity (Wildman–Crippen MR) is 122 cm³/mol. The maximum Gasteiger partial charge on any atom is 0.326 e. The van der Waals surface area contributed by atoms with Crippen molar-refractivity contribution in [3.05, 3.63) is 70.6 Å². The van der Waals surface area contributed by atoms with Crippen LogP contribution < -0.4 is 5.69 Å². The summed E-state index contributed by atoms with van der Waals surface area (Å²) in [6, 6.07) is 18.0. The van der Waals surface area contributed by atoms with Gasteiger partial charge in [0.15, 0.2) is 0 Å². The maximum atomic E-state index is 13.6. The molecule has 3 aromatic rings. The highest BCUT2D eigenvalue weighted by molar-refractivity contribution is 5.83. The largest absolute Gasteiger partial charge is 0.341 e. The molecule has 2 saturated heterocycles. The topological polar surface area (TPSA) is 61.3 Å². The SMILES string of the molecule is O=C([C@H](c1ccccc1)N1CCC(n2c(=O)[nH]c3ccccc32)CC1)N1CCCCC1. The third kappa shape index (κ3) is 3.92. The molecule has 1 amide bonds. The highest BCUT2D eigenvalue weighted by atomic mass is 16.2. The third-order valence-electron chi connectivity index (χ3n) is 6.87. The van der Waals surface area contributed by atoms with E-state index in [1.54, 1.807) is 0 Å². The lowest BCUT2D eigenvalue weighted by Gasteiger charge is -2.40. The van der Waals surface area contributed by atoms with Crippen LogP contribution in [-0.4, -0.2) is 51.4 Å². The number of nitrogens with one attached hydrogen (secondary N) is 1. The fourth-order valence-corrected chi connectivity index (χ4v) is 5.27. The number of imidazole rings is 1. The van der Waals surface area contributed by atoms with E-state index in [1.165, 1.54) is 6.42 Å². The number of carbonyl (C=O) groups excluding carboxylic acids is 1. The number of aromatic amines is 1. The first-order chi connectivity index (χ1) is 15.2. The lowest BCUT2D eigenvalue weighted by Crippen LogP contribution is -2.47. The third-order valence-corrected chi connectivity index (χ3v) is 6.87. The Morgan fingerprint density at radius 3 is 2.29 bits per heavy atom. The Balaban J connectivity index is 1.37. The summed E-state index contributed by atoms with van der Waals surface area (Å²) in [5.74, 6) is 0.230. The maximum absolute atomic E-state index is 13.6. The standard InChI is InChI=1S/C25H30N4O2/c30-24(28-15-7-2-8-16-28)23(19-9-3-1-4-10-19)27-17-13-20(14-18-27)29-22-12-6-5-11-21(22)26-25(29)31/h1,3-6,9-12,20,23H,2,7-8,13-18H2,(H,26,31)/t23-/m0/s1. The summed E-state index contributed by atoms with van der Waals surface area (Å²) in [4.78, 5) is 33.5. The van der Waals surface area contributed by atoms with Crippen LogP contribution in [-0.2, 0) is 4.79 Å². The number of nitrogens with zero attached hydrogens (tertiary/aromatic N) is 3. The number of para-hydroxylation sites is 2. The Bertz CT molecular complexity index is 1090. The number of rotatable bonds is 4. The first kappa shape index (κ1) is 20.1. The van der Waals surface area contributed by atoms with Crippen LogP contribution in [0.3, 0.4) is 0 Å². The van der Waals surface area contributed by atoms with E-state index >= 15 is 0 Å². The quantitative estimate of drug-likeness (QED) is 0.702. The molecule has 6 heteroatoms. The molecule has 162 valence electrons. The molecule has 2 fully saturated rings. The Kier molecular flexibility index (Phi) is 5.64. The van der Waals surface area contributed by atoms with Crippen LogP contribution in [0.25, 0.3) is 11.0 Å². The molecule has 5 rings (SSSR count). The van der Waals surface area contributed by atoms with E-state index in [-0.39, 0.29) is 23.7 Å². The van der Waals surface area contributed by atoms with Gasteiger partial charge in [-0.1, -0.05) is 42.5 Å². The summed E-state index contributed by atoms with van der Waals surface area (Å²) in [6.07, 6.45) is 5.12. The number of aromatic nitrogens is 2. The number of H-pyrrole nitrogens is 1. The van der Waals surface area contributed by atoms with E-state index < -0.39 is 0 Å². The zero-order chi connectivity index (χ0) is 21.2. The van der Waals surface area contributed by atoms with Crippen molar-refractivity contribution < 1.29 is 4.79 Å². The molecule has 2 aliphatic rings. The van der Waals surface area contributed by atoms with Gasteiger partial charge in [0.05, 0.1) is 11.0 Å². The Hall–Kier alpha value is -2.86. The van der Waals surface area contributed by atoms with Gasteiger partial charge >= 0.3 is 5.69 Å². The van der Waals surface area contributed by atoms with Gasteiger partial charge < -0.3 is 9.88 Å². The molecule has 1 aromatic heterocycles. The minimum Gasteiger partial charge on any atom is -0.341 e. The molecule has 2 aromatic carbocycles. The van der Waals surface area contributed by atoms with Gasteiger partial charge in [-0.3, -0.25) is 14.3 Å². The fraction of sp³-hybridized carbons (Fsp3) is 0.440. The van der Waals surface area contributed by atoms with Crippen molar-refractivity contribution in [2.75, 3.05) is 26.2 Å². The predicted octanol–water partition coefficient (Wildman–Crippen LogP) is 3.72. The van der Waals surface area contributed by atoms with Crippen molar-refractivity contribution in [3.8, 4) is 0 Å². The Morgan fingerprint density at radius 2 is 1.55 bits per heavy atom. The molecule has 0 saturated carbocycles. The Labute approximate surface area is 182 Å². The van der Waals surface area contributed by atoms with Gasteiger partial charge in [0.25, 0.3) is 0 Å². The molecule has 0 unspecified atom stereocenters. The second-order valence-corrected chi connectivity index (χ2v) is 8.78. The number of likely N-dealkylation sites (tertiary alicyclic amines) is 2. The van der Waals surface area contributed by atoms with Crippen LogP contribution >= 0.6 is 0 Å². The number of piperidine rings is 2. The highest BCUT2D eigenvalue weighted by Gasteiger charge is 2.35. The van der Waals surface area contributed by atoms with Gasteiger partial charge in [-0.15, -0.1) is 0 Å². The lowest BCUT2D eigenvalue weighted by molar-refractivity contribution is -0.138. The molecule has 0 spiro atoms. The zero-order valence-corrected chi connectivity index (χ0v) is 17.9. The van der Waals surface area contributed by atoms with Crippen molar-refractivity contribution in [2.24, 2.45) is 0 Å². The summed E-state index contributed by atoms with van der Waals surface area (Å²) in [6.45, 7) is 3.33. The molecule has 0 radical (unpaired) electrons. The Morgan fingerprint density at radius 1 is 0.871 bits per heavy atom. The van der Waals surface area contributed by atoms with Crippen molar-refractivity contribution in [2.45, 2.75) is 44.2 Å². The molecule has 0 aliphatic carbocycles. The zero-order valence-electron chi connectivity index (χ0n) is 17.9. The second-order valence-electron chi connectivity index (χ2n) is 8.78. The van der Waals surface area contributed by atoms with Gasteiger partial charge in [0, 0.05) is 32.2 Å². The van der Waals surface area contributed by atoms with E-state index in [2.05, 4.69) is 26.9 Å². The number of hydrogen-bond donors (Lipinski definition) is 1. The average molecular weight is 419 g/mol. The van der Waals surface area contributed by atoms with Crippen molar-refractivity contribution in [3.63, 3.8) is 0 Å². The minimum absolute atomic E-state index is 0.0383. The second kappa shape index (κ2) is 8.71. The normalized spacial score (nSPS) is 19.5. The summed E-state index contributed by atoms with van der Waals surface area (Å²) in [5.41, 5.74) is 2.89. The molecule has 3 heterocycles.